The van der Waals surface area contributed by atoms with E-state index < -0.39 is 13.1 Å². The van der Waals surface area contributed by atoms with Crippen LogP contribution >= 0.6 is 23.3 Å². The van der Waals surface area contributed by atoms with Crippen molar-refractivity contribution in [2.24, 2.45) is 0 Å². The van der Waals surface area contributed by atoms with Gasteiger partial charge in [0, 0.05) is 11.6 Å². The second-order valence-electron chi connectivity index (χ2n) is 4.96. The van der Waals surface area contributed by atoms with E-state index in [2.05, 4.69) is 9.59 Å². The summed E-state index contributed by atoms with van der Waals surface area (Å²) in [6, 6.07) is 3.39. The first-order valence-corrected chi connectivity index (χ1v) is 8.54. The molecule has 23 heavy (non-hydrogen) atoms. The summed E-state index contributed by atoms with van der Waals surface area (Å²) in [6.45, 7) is 0. The van der Waals surface area contributed by atoms with Gasteiger partial charge in [0.25, 0.3) is 0 Å². The summed E-state index contributed by atoms with van der Waals surface area (Å²) in [5.41, 5.74) is 0.698. The molecule has 0 bridgehead atoms. The summed E-state index contributed by atoms with van der Waals surface area (Å²) in [7, 11) is 0.330. The Morgan fingerprint density at radius 1 is 1.61 bits per heavy atom. The van der Waals surface area contributed by atoms with Crippen molar-refractivity contribution in [2.75, 3.05) is 12.9 Å². The Kier molecular flexibility index (Phi) is 4.74. The highest BCUT2D eigenvalue weighted by molar-refractivity contribution is 8.01. The van der Waals surface area contributed by atoms with Crippen LogP contribution < -0.4 is 9.39 Å². The van der Waals surface area contributed by atoms with Gasteiger partial charge in [-0.05, 0) is 29.6 Å². The molecule has 2 aromatic rings. The molecule has 0 unspecified atom stereocenters. The van der Waals surface area contributed by atoms with E-state index >= 15 is 0 Å². The van der Waals surface area contributed by atoms with Crippen molar-refractivity contribution >= 4 is 36.4 Å². The topological polar surface area (TPSA) is 102 Å². The zero-order valence-corrected chi connectivity index (χ0v) is 13.8. The molecule has 1 aliphatic heterocycles. The highest BCUT2D eigenvalue weighted by Gasteiger charge is 2.37. The number of fused-ring (bicyclic) bond motifs is 1. The Morgan fingerprint density at radius 2 is 2.43 bits per heavy atom. The number of benzene rings is 1. The Bertz CT molecular complexity index is 713. The fourth-order valence-electron chi connectivity index (χ4n) is 2.43. The van der Waals surface area contributed by atoms with Gasteiger partial charge in [0.1, 0.15) is 21.3 Å². The molecular weight excluding hydrogens is 339 g/mol. The molecule has 0 aliphatic carbocycles. The molecule has 0 saturated carbocycles. The fourth-order valence-corrected chi connectivity index (χ4v) is 3.99. The maximum Gasteiger partial charge on any atom is 0.527 e. The van der Waals surface area contributed by atoms with Crippen LogP contribution in [0.25, 0.3) is 0 Å². The Hall–Kier alpha value is -1.78. The van der Waals surface area contributed by atoms with E-state index in [9.17, 15) is 14.9 Å². The lowest BCUT2D eigenvalue weighted by Crippen LogP contribution is -2.36. The van der Waals surface area contributed by atoms with Crippen molar-refractivity contribution in [3.05, 3.63) is 29.5 Å². The lowest BCUT2D eigenvalue weighted by atomic mass is 9.67. The van der Waals surface area contributed by atoms with Crippen LogP contribution in [-0.4, -0.2) is 45.7 Å². The van der Waals surface area contributed by atoms with Gasteiger partial charge >= 0.3 is 13.1 Å². The van der Waals surface area contributed by atoms with Crippen LogP contribution in [0.3, 0.4) is 0 Å². The van der Waals surface area contributed by atoms with E-state index in [-0.39, 0.29) is 22.9 Å². The largest absolute Gasteiger partial charge is 0.535 e. The Labute approximate surface area is 140 Å². The molecule has 7 nitrogen and oxygen atoms in total. The predicted molar refractivity (Wildman–Crippen MR) is 86.6 cm³/mol. The summed E-state index contributed by atoms with van der Waals surface area (Å²) >= 11 is 2.84. The Morgan fingerprint density at radius 3 is 3.09 bits per heavy atom. The van der Waals surface area contributed by atoms with Crippen molar-refractivity contribution in [3.8, 4) is 11.5 Å². The number of methoxy groups -OCH3 is 1. The number of thioether (sulfide) groups is 1. The third-order valence-electron chi connectivity index (χ3n) is 3.54. The van der Waals surface area contributed by atoms with E-state index in [0.29, 0.717) is 12.2 Å². The van der Waals surface area contributed by atoms with Gasteiger partial charge in [0.05, 0.1) is 13.3 Å². The lowest BCUT2D eigenvalue weighted by molar-refractivity contribution is 0.0690. The monoisotopic (exact) mass is 352 g/mol. The van der Waals surface area contributed by atoms with E-state index in [1.165, 1.54) is 18.6 Å². The number of nitrogens with zero attached hydrogens (tertiary/aromatic N) is 2. The third-order valence-corrected chi connectivity index (χ3v) is 5.56. The molecule has 2 heterocycles. The van der Waals surface area contributed by atoms with Crippen LogP contribution in [0.2, 0.25) is 5.82 Å². The van der Waals surface area contributed by atoms with Gasteiger partial charge in [0.15, 0.2) is 0 Å². The molecule has 0 saturated heterocycles. The van der Waals surface area contributed by atoms with Gasteiger partial charge in [-0.2, -0.15) is 0 Å². The second kappa shape index (κ2) is 6.77. The van der Waals surface area contributed by atoms with Crippen LogP contribution in [0.1, 0.15) is 15.9 Å². The van der Waals surface area contributed by atoms with Crippen molar-refractivity contribution in [2.45, 2.75) is 16.4 Å². The first-order chi connectivity index (χ1) is 11.1. The second-order valence-corrected chi connectivity index (χ2v) is 7.06. The van der Waals surface area contributed by atoms with E-state index in [4.69, 9.17) is 9.39 Å². The molecule has 1 aromatic carbocycles. The molecule has 10 heteroatoms. The number of rotatable bonds is 5. The number of carboxylic acids is 1. The minimum Gasteiger partial charge on any atom is -0.535 e. The maximum absolute atomic E-state index is 11.5. The van der Waals surface area contributed by atoms with Gasteiger partial charge < -0.3 is 19.5 Å². The molecule has 120 valence electrons. The molecule has 1 aromatic heterocycles. The predicted octanol–water partition coefficient (Wildman–Crippen LogP) is 1.82. The van der Waals surface area contributed by atoms with E-state index in [1.54, 1.807) is 30.1 Å². The number of hydrogen-bond acceptors (Lipinski definition) is 8. The van der Waals surface area contributed by atoms with Crippen molar-refractivity contribution < 1.29 is 24.3 Å². The number of aromatic nitrogens is 2. The van der Waals surface area contributed by atoms with Gasteiger partial charge in [-0.25, -0.2) is 4.79 Å². The van der Waals surface area contributed by atoms with Gasteiger partial charge in [-0.1, -0.05) is 10.6 Å². The molecule has 1 atom stereocenters. The van der Waals surface area contributed by atoms with Crippen LogP contribution in [0.15, 0.2) is 22.5 Å². The van der Waals surface area contributed by atoms with Crippen LogP contribution in [0, 0.1) is 0 Å². The number of carbonyl (C=O) groups is 1. The third kappa shape index (κ3) is 3.28. The highest BCUT2D eigenvalue weighted by Crippen LogP contribution is 2.40. The SMILES string of the molecule is COc1ccc2c(c1C(=O)O)OB(O)[C@@H](CSc1cnns1)C2. The van der Waals surface area contributed by atoms with Crippen LogP contribution in [0.5, 0.6) is 11.5 Å². The molecule has 3 rings (SSSR count). The molecule has 0 radical (unpaired) electrons. The van der Waals surface area contributed by atoms with Crippen LogP contribution in [-0.2, 0) is 6.42 Å². The van der Waals surface area contributed by atoms with Crippen LogP contribution in [0.4, 0.5) is 0 Å². The van der Waals surface area contributed by atoms with Gasteiger partial charge in [0.2, 0.25) is 0 Å². The first-order valence-electron chi connectivity index (χ1n) is 6.78. The molecule has 2 N–H and O–H groups in total. The molecule has 0 amide bonds. The Balaban J connectivity index is 1.82. The summed E-state index contributed by atoms with van der Waals surface area (Å²) < 4.78 is 15.3. The number of carboxylic acid groups (broad SMARTS) is 1. The fraction of sp³-hybridized carbons (Fsp3) is 0.308. The van der Waals surface area contributed by atoms with E-state index in [0.717, 1.165) is 9.77 Å². The number of aromatic carboxylic acids is 1. The smallest absolute Gasteiger partial charge is 0.527 e. The minimum absolute atomic E-state index is 0.0539. The lowest BCUT2D eigenvalue weighted by Gasteiger charge is -2.28. The number of hydrogen-bond donors (Lipinski definition) is 2. The van der Waals surface area contributed by atoms with Gasteiger partial charge in [-0.3, -0.25) is 0 Å². The summed E-state index contributed by atoms with van der Waals surface area (Å²) in [6.07, 6.45) is 2.20. The quantitative estimate of drug-likeness (QED) is 0.621. The van der Waals surface area contributed by atoms with E-state index in [1.807, 2.05) is 0 Å². The van der Waals surface area contributed by atoms with Crippen molar-refractivity contribution in [1.82, 2.24) is 9.59 Å². The summed E-state index contributed by atoms with van der Waals surface area (Å²) in [4.78, 5) is 11.5. The highest BCUT2D eigenvalue weighted by atomic mass is 32.2. The average molecular weight is 352 g/mol. The standard InChI is InChI=1S/C13H13BN2O5S2/c1-20-9-3-2-7-4-8(6-22-10-5-15-16-23-10)14(19)21-12(7)11(9)13(17)18/h2-3,5,8,19H,4,6H2,1H3,(H,17,18)/t8-/m1/s1. The maximum atomic E-state index is 11.5. The average Bonchev–Trinajstić information content (AvgIpc) is 3.05. The summed E-state index contributed by atoms with van der Waals surface area (Å²) in [5.74, 6) is -0.269. The zero-order chi connectivity index (χ0) is 16.4. The summed E-state index contributed by atoms with van der Waals surface area (Å²) in [5, 5.41) is 23.4. The molecule has 0 fully saturated rings. The molecular formula is C13H13BN2O5S2. The molecule has 0 spiro atoms. The molecule has 1 aliphatic rings. The number of ether oxygens (including phenoxy) is 1. The van der Waals surface area contributed by atoms with Crippen molar-refractivity contribution in [3.63, 3.8) is 0 Å². The van der Waals surface area contributed by atoms with Crippen molar-refractivity contribution in [1.29, 1.82) is 0 Å². The zero-order valence-electron chi connectivity index (χ0n) is 12.1. The minimum atomic E-state index is -1.14. The normalized spacial score (nSPS) is 16.6. The first kappa shape index (κ1) is 16.1. The van der Waals surface area contributed by atoms with Gasteiger partial charge in [-0.15, -0.1) is 16.9 Å².